The van der Waals surface area contributed by atoms with Crippen molar-refractivity contribution in [3.8, 4) is 0 Å². The standard InChI is InChI=1S/C10H10N6O/c11-5-7-1-2-8(13-6-7)9(17)15-10-12-3-4-14-16-10/h1-4,6H,5,11H2,(H,12,15,16,17). The van der Waals surface area contributed by atoms with Gasteiger partial charge in [0.1, 0.15) is 5.69 Å². The quantitative estimate of drug-likeness (QED) is 0.767. The summed E-state index contributed by atoms with van der Waals surface area (Å²) in [6, 6.07) is 3.33. The van der Waals surface area contributed by atoms with Gasteiger partial charge in [-0.25, -0.2) is 4.98 Å². The van der Waals surface area contributed by atoms with Gasteiger partial charge in [0.05, 0.1) is 12.4 Å². The van der Waals surface area contributed by atoms with Gasteiger partial charge >= 0.3 is 0 Å². The number of amides is 1. The van der Waals surface area contributed by atoms with Gasteiger partial charge in [0.25, 0.3) is 5.91 Å². The van der Waals surface area contributed by atoms with Crippen LogP contribution in [0.1, 0.15) is 16.1 Å². The van der Waals surface area contributed by atoms with E-state index in [1.807, 2.05) is 0 Å². The van der Waals surface area contributed by atoms with Gasteiger partial charge in [-0.3, -0.25) is 15.1 Å². The van der Waals surface area contributed by atoms with Crippen LogP contribution in [-0.4, -0.2) is 26.1 Å². The minimum Gasteiger partial charge on any atom is -0.326 e. The second kappa shape index (κ2) is 5.08. The van der Waals surface area contributed by atoms with Crippen LogP contribution in [0.5, 0.6) is 0 Å². The Hall–Kier alpha value is -2.41. The largest absolute Gasteiger partial charge is 0.326 e. The lowest BCUT2D eigenvalue weighted by atomic mass is 10.2. The minimum absolute atomic E-state index is 0.141. The molecule has 0 bridgehead atoms. The summed E-state index contributed by atoms with van der Waals surface area (Å²) in [5, 5.41) is 9.71. The summed E-state index contributed by atoms with van der Waals surface area (Å²) in [6.07, 6.45) is 4.41. The van der Waals surface area contributed by atoms with E-state index in [-0.39, 0.29) is 17.5 Å². The highest BCUT2D eigenvalue weighted by Crippen LogP contribution is 2.02. The van der Waals surface area contributed by atoms with Crippen molar-refractivity contribution in [2.75, 3.05) is 5.32 Å². The van der Waals surface area contributed by atoms with Gasteiger partial charge in [-0.1, -0.05) is 6.07 Å². The third-order valence-corrected chi connectivity index (χ3v) is 2.00. The van der Waals surface area contributed by atoms with Crippen molar-refractivity contribution >= 4 is 11.9 Å². The Bertz CT molecular complexity index is 498. The molecule has 1 amide bonds. The Morgan fingerprint density at radius 1 is 1.29 bits per heavy atom. The van der Waals surface area contributed by atoms with E-state index in [9.17, 15) is 4.79 Å². The molecule has 2 aromatic rings. The van der Waals surface area contributed by atoms with E-state index in [4.69, 9.17) is 5.73 Å². The van der Waals surface area contributed by atoms with E-state index in [0.29, 0.717) is 6.54 Å². The number of aromatic nitrogens is 4. The smallest absolute Gasteiger partial charge is 0.276 e. The lowest BCUT2D eigenvalue weighted by Crippen LogP contribution is -2.16. The first-order chi connectivity index (χ1) is 8.29. The molecule has 3 N–H and O–H groups in total. The van der Waals surface area contributed by atoms with Crippen LogP contribution in [-0.2, 0) is 6.54 Å². The molecule has 0 fully saturated rings. The minimum atomic E-state index is -0.387. The van der Waals surface area contributed by atoms with Crippen LogP contribution in [0.4, 0.5) is 5.95 Å². The number of hydrogen-bond donors (Lipinski definition) is 2. The van der Waals surface area contributed by atoms with Crippen molar-refractivity contribution in [1.82, 2.24) is 20.2 Å². The predicted octanol–water partition coefficient (Wildman–Crippen LogP) is -0.0224. The molecule has 0 atom stereocenters. The lowest BCUT2D eigenvalue weighted by molar-refractivity contribution is 0.102. The molecule has 7 nitrogen and oxygen atoms in total. The molecule has 0 radical (unpaired) electrons. The highest BCUT2D eigenvalue weighted by molar-refractivity contribution is 6.01. The molecule has 2 rings (SSSR count). The molecule has 86 valence electrons. The number of nitrogens with one attached hydrogen (secondary N) is 1. The van der Waals surface area contributed by atoms with Crippen LogP contribution < -0.4 is 11.1 Å². The Labute approximate surface area is 97.1 Å². The normalized spacial score (nSPS) is 9.94. The summed E-state index contributed by atoms with van der Waals surface area (Å²) in [4.78, 5) is 19.5. The Morgan fingerprint density at radius 2 is 2.18 bits per heavy atom. The highest BCUT2D eigenvalue weighted by Gasteiger charge is 2.08. The number of rotatable bonds is 3. The molecule has 0 saturated heterocycles. The summed E-state index contributed by atoms with van der Waals surface area (Å²) in [7, 11) is 0. The molecule has 0 aliphatic heterocycles. The van der Waals surface area contributed by atoms with Gasteiger partial charge in [0.15, 0.2) is 0 Å². The Balaban J connectivity index is 2.09. The molecule has 0 aliphatic rings. The van der Waals surface area contributed by atoms with Crippen LogP contribution in [0.15, 0.2) is 30.7 Å². The van der Waals surface area contributed by atoms with Gasteiger partial charge in [-0.2, -0.15) is 5.10 Å². The van der Waals surface area contributed by atoms with Crippen molar-refractivity contribution in [3.05, 3.63) is 42.0 Å². The van der Waals surface area contributed by atoms with E-state index in [0.717, 1.165) is 5.56 Å². The molecule has 17 heavy (non-hydrogen) atoms. The van der Waals surface area contributed by atoms with Crippen molar-refractivity contribution in [2.45, 2.75) is 6.54 Å². The molecule has 7 heteroatoms. The zero-order valence-corrected chi connectivity index (χ0v) is 8.87. The van der Waals surface area contributed by atoms with Gasteiger partial charge in [0.2, 0.25) is 5.95 Å². The van der Waals surface area contributed by atoms with Gasteiger partial charge in [0, 0.05) is 12.7 Å². The van der Waals surface area contributed by atoms with E-state index in [1.54, 1.807) is 18.3 Å². The predicted molar refractivity (Wildman–Crippen MR) is 59.9 cm³/mol. The summed E-state index contributed by atoms with van der Waals surface area (Å²) in [5.74, 6) is -0.247. The first-order valence-electron chi connectivity index (χ1n) is 4.89. The fourth-order valence-electron chi connectivity index (χ4n) is 1.15. The van der Waals surface area contributed by atoms with E-state index in [1.165, 1.54) is 12.4 Å². The average Bonchev–Trinajstić information content (AvgIpc) is 2.40. The maximum atomic E-state index is 11.7. The van der Waals surface area contributed by atoms with Crippen LogP contribution in [0.3, 0.4) is 0 Å². The number of carbonyl (C=O) groups is 1. The number of nitrogens with two attached hydrogens (primary N) is 1. The van der Waals surface area contributed by atoms with Crippen molar-refractivity contribution < 1.29 is 4.79 Å². The Kier molecular flexibility index (Phi) is 3.31. The molecule has 0 aliphatic carbocycles. The zero-order valence-electron chi connectivity index (χ0n) is 8.87. The van der Waals surface area contributed by atoms with Gasteiger partial charge < -0.3 is 5.73 Å². The third-order valence-electron chi connectivity index (χ3n) is 2.00. The summed E-state index contributed by atoms with van der Waals surface area (Å²) >= 11 is 0. The molecule has 2 heterocycles. The third kappa shape index (κ3) is 2.79. The summed E-state index contributed by atoms with van der Waals surface area (Å²) in [6.45, 7) is 0.389. The number of hydrogen-bond acceptors (Lipinski definition) is 6. The fraction of sp³-hybridized carbons (Fsp3) is 0.100. The average molecular weight is 230 g/mol. The molecule has 0 aromatic carbocycles. The maximum absolute atomic E-state index is 11.7. The van der Waals surface area contributed by atoms with Crippen LogP contribution in [0.25, 0.3) is 0 Å². The summed E-state index contributed by atoms with van der Waals surface area (Å²) in [5.41, 5.74) is 6.56. The fourth-order valence-corrected chi connectivity index (χ4v) is 1.15. The Morgan fingerprint density at radius 3 is 2.76 bits per heavy atom. The molecular formula is C10H10N6O. The van der Waals surface area contributed by atoms with Gasteiger partial charge in [-0.05, 0) is 11.6 Å². The second-order valence-corrected chi connectivity index (χ2v) is 3.18. The molecular weight excluding hydrogens is 220 g/mol. The molecule has 2 aromatic heterocycles. The van der Waals surface area contributed by atoms with Gasteiger partial charge in [-0.15, -0.1) is 5.10 Å². The van der Waals surface area contributed by atoms with Crippen LogP contribution in [0.2, 0.25) is 0 Å². The molecule has 0 spiro atoms. The SMILES string of the molecule is NCc1ccc(C(=O)Nc2nccnn2)nc1. The van der Waals surface area contributed by atoms with E-state index < -0.39 is 0 Å². The van der Waals surface area contributed by atoms with E-state index in [2.05, 4.69) is 25.5 Å². The topological polar surface area (TPSA) is 107 Å². The van der Waals surface area contributed by atoms with E-state index >= 15 is 0 Å². The monoisotopic (exact) mass is 230 g/mol. The zero-order chi connectivity index (χ0) is 12.1. The number of nitrogens with zero attached hydrogens (tertiary/aromatic N) is 4. The first kappa shape index (κ1) is 11.1. The maximum Gasteiger partial charge on any atom is 0.276 e. The first-order valence-corrected chi connectivity index (χ1v) is 4.89. The highest BCUT2D eigenvalue weighted by atomic mass is 16.2. The molecule has 0 saturated carbocycles. The number of pyridine rings is 1. The summed E-state index contributed by atoms with van der Waals surface area (Å²) < 4.78 is 0. The van der Waals surface area contributed by atoms with Crippen molar-refractivity contribution in [3.63, 3.8) is 0 Å². The lowest BCUT2D eigenvalue weighted by Gasteiger charge is -2.02. The van der Waals surface area contributed by atoms with Crippen molar-refractivity contribution in [2.24, 2.45) is 5.73 Å². The second-order valence-electron chi connectivity index (χ2n) is 3.18. The molecule has 0 unspecified atom stereocenters. The van der Waals surface area contributed by atoms with Crippen LogP contribution in [0, 0.1) is 0 Å². The van der Waals surface area contributed by atoms with Crippen molar-refractivity contribution in [1.29, 1.82) is 0 Å². The van der Waals surface area contributed by atoms with Crippen LogP contribution >= 0.6 is 0 Å². The number of carbonyl (C=O) groups excluding carboxylic acids is 1. The number of anilines is 1.